The number of halogens is 1. The third-order valence-corrected chi connectivity index (χ3v) is 3.61. The minimum Gasteiger partial charge on any atom is -0.493 e. The molecule has 0 saturated heterocycles. The van der Waals surface area contributed by atoms with Gasteiger partial charge in [-0.25, -0.2) is 0 Å². The van der Waals surface area contributed by atoms with Crippen molar-refractivity contribution in [2.24, 2.45) is 0 Å². The number of nitrogen functional groups attached to an aromatic ring is 1. The van der Waals surface area contributed by atoms with Gasteiger partial charge in [-0.15, -0.1) is 11.8 Å². The number of rotatable bonds is 5. The van der Waals surface area contributed by atoms with Crippen LogP contribution in [0.25, 0.3) is 0 Å². The van der Waals surface area contributed by atoms with Crippen molar-refractivity contribution in [2.45, 2.75) is 4.90 Å². The van der Waals surface area contributed by atoms with Gasteiger partial charge in [0.25, 0.3) is 0 Å². The monoisotopic (exact) mass is 279 g/mol. The van der Waals surface area contributed by atoms with E-state index in [-0.39, 0.29) is 0 Å². The Balaban J connectivity index is 1.78. The average Bonchev–Trinajstić information content (AvgIpc) is 2.37. The van der Waals surface area contributed by atoms with Gasteiger partial charge in [0, 0.05) is 21.4 Å². The quantitative estimate of drug-likeness (QED) is 0.509. The highest BCUT2D eigenvalue weighted by atomic mass is 35.5. The number of hydrogen-bond donors (Lipinski definition) is 1. The molecule has 2 rings (SSSR count). The standard InChI is InChI=1S/C14H14ClNOS/c15-11-4-3-5-12(10-11)17-8-9-18-14-7-2-1-6-13(14)16/h1-7,10H,8-9,16H2. The summed E-state index contributed by atoms with van der Waals surface area (Å²) in [6.07, 6.45) is 0. The molecule has 0 saturated carbocycles. The molecule has 2 aromatic carbocycles. The second kappa shape index (κ2) is 6.57. The van der Waals surface area contributed by atoms with Gasteiger partial charge in [0.15, 0.2) is 0 Å². The van der Waals surface area contributed by atoms with Crippen molar-refractivity contribution >= 4 is 29.1 Å². The lowest BCUT2D eigenvalue weighted by atomic mass is 10.3. The summed E-state index contributed by atoms with van der Waals surface area (Å²) in [5.74, 6) is 1.64. The molecule has 0 spiro atoms. The lowest BCUT2D eigenvalue weighted by Gasteiger charge is -2.07. The van der Waals surface area contributed by atoms with E-state index < -0.39 is 0 Å². The summed E-state index contributed by atoms with van der Waals surface area (Å²) in [4.78, 5) is 1.09. The minimum atomic E-state index is 0.624. The van der Waals surface area contributed by atoms with E-state index in [0.717, 1.165) is 22.1 Å². The summed E-state index contributed by atoms with van der Waals surface area (Å²) < 4.78 is 5.60. The number of anilines is 1. The molecule has 2 aromatic rings. The van der Waals surface area contributed by atoms with Gasteiger partial charge in [-0.05, 0) is 30.3 Å². The number of benzene rings is 2. The summed E-state index contributed by atoms with van der Waals surface area (Å²) in [7, 11) is 0. The smallest absolute Gasteiger partial charge is 0.120 e. The first kappa shape index (κ1) is 13.1. The molecular weight excluding hydrogens is 266 g/mol. The Bertz CT molecular complexity index is 519. The van der Waals surface area contributed by atoms with Gasteiger partial charge >= 0.3 is 0 Å². The molecule has 0 aliphatic rings. The van der Waals surface area contributed by atoms with Gasteiger partial charge in [0.1, 0.15) is 5.75 Å². The predicted molar refractivity (Wildman–Crippen MR) is 78.5 cm³/mol. The molecule has 0 atom stereocenters. The molecule has 0 aliphatic carbocycles. The van der Waals surface area contributed by atoms with Gasteiger partial charge in [-0.2, -0.15) is 0 Å². The van der Waals surface area contributed by atoms with E-state index in [1.54, 1.807) is 11.8 Å². The van der Waals surface area contributed by atoms with Gasteiger partial charge in [-0.1, -0.05) is 29.8 Å². The fourth-order valence-electron chi connectivity index (χ4n) is 1.48. The highest BCUT2D eigenvalue weighted by Crippen LogP contribution is 2.24. The van der Waals surface area contributed by atoms with E-state index in [9.17, 15) is 0 Å². The van der Waals surface area contributed by atoms with Crippen LogP contribution in [0.15, 0.2) is 53.4 Å². The van der Waals surface area contributed by atoms with Crippen LogP contribution in [0.3, 0.4) is 0 Å². The Kier molecular flexibility index (Phi) is 4.79. The number of ether oxygens (including phenoxy) is 1. The molecular formula is C14H14ClNOS. The average molecular weight is 280 g/mol. The molecule has 18 heavy (non-hydrogen) atoms. The second-order valence-electron chi connectivity index (χ2n) is 3.69. The van der Waals surface area contributed by atoms with Crippen molar-refractivity contribution in [3.63, 3.8) is 0 Å². The van der Waals surface area contributed by atoms with E-state index in [1.807, 2.05) is 48.5 Å². The van der Waals surface area contributed by atoms with Crippen LogP contribution in [0, 0.1) is 0 Å². The molecule has 0 bridgehead atoms. The van der Waals surface area contributed by atoms with Crippen LogP contribution in [0.2, 0.25) is 5.02 Å². The lowest BCUT2D eigenvalue weighted by molar-refractivity contribution is 0.344. The largest absolute Gasteiger partial charge is 0.493 e. The molecule has 4 heteroatoms. The highest BCUT2D eigenvalue weighted by Gasteiger charge is 1.99. The molecule has 0 radical (unpaired) electrons. The van der Waals surface area contributed by atoms with E-state index in [2.05, 4.69) is 0 Å². The van der Waals surface area contributed by atoms with Crippen LogP contribution in [0.5, 0.6) is 5.75 Å². The molecule has 94 valence electrons. The molecule has 0 amide bonds. The first-order valence-electron chi connectivity index (χ1n) is 5.61. The molecule has 0 fully saturated rings. The maximum atomic E-state index is 5.87. The van der Waals surface area contributed by atoms with Gasteiger partial charge in [0.2, 0.25) is 0 Å². The number of nitrogens with two attached hydrogens (primary N) is 1. The van der Waals surface area contributed by atoms with Crippen molar-refractivity contribution in [1.82, 2.24) is 0 Å². The van der Waals surface area contributed by atoms with E-state index in [4.69, 9.17) is 22.1 Å². The topological polar surface area (TPSA) is 35.2 Å². The predicted octanol–water partition coefficient (Wildman–Crippen LogP) is 4.09. The zero-order valence-corrected chi connectivity index (χ0v) is 11.4. The molecule has 2 nitrogen and oxygen atoms in total. The highest BCUT2D eigenvalue weighted by molar-refractivity contribution is 7.99. The van der Waals surface area contributed by atoms with Crippen LogP contribution in [-0.4, -0.2) is 12.4 Å². The van der Waals surface area contributed by atoms with Gasteiger partial charge in [0.05, 0.1) is 6.61 Å². The zero-order chi connectivity index (χ0) is 12.8. The summed E-state index contributed by atoms with van der Waals surface area (Å²) in [5.41, 5.74) is 6.67. The SMILES string of the molecule is Nc1ccccc1SCCOc1cccc(Cl)c1. The van der Waals surface area contributed by atoms with Crippen LogP contribution in [0.4, 0.5) is 5.69 Å². The third-order valence-electron chi connectivity index (χ3n) is 2.32. The number of hydrogen-bond acceptors (Lipinski definition) is 3. The summed E-state index contributed by atoms with van der Waals surface area (Å²) in [5, 5.41) is 0.687. The zero-order valence-electron chi connectivity index (χ0n) is 9.80. The normalized spacial score (nSPS) is 10.3. The number of thioether (sulfide) groups is 1. The second-order valence-corrected chi connectivity index (χ2v) is 5.27. The van der Waals surface area contributed by atoms with Crippen LogP contribution >= 0.6 is 23.4 Å². The lowest BCUT2D eigenvalue weighted by Crippen LogP contribution is -2.00. The number of para-hydroxylation sites is 1. The van der Waals surface area contributed by atoms with Crippen molar-refractivity contribution in [1.29, 1.82) is 0 Å². The van der Waals surface area contributed by atoms with Crippen molar-refractivity contribution in [3.05, 3.63) is 53.6 Å². The minimum absolute atomic E-state index is 0.624. The van der Waals surface area contributed by atoms with Crippen LogP contribution in [0.1, 0.15) is 0 Å². The Morgan fingerprint density at radius 1 is 1.11 bits per heavy atom. The third kappa shape index (κ3) is 3.86. The first-order valence-corrected chi connectivity index (χ1v) is 6.98. The Morgan fingerprint density at radius 3 is 2.72 bits per heavy atom. The Labute approximate surface area is 116 Å². The van der Waals surface area contributed by atoms with E-state index in [0.29, 0.717) is 11.6 Å². The summed E-state index contributed by atoms with van der Waals surface area (Å²) >= 11 is 7.56. The van der Waals surface area contributed by atoms with E-state index >= 15 is 0 Å². The van der Waals surface area contributed by atoms with Gasteiger partial charge < -0.3 is 10.5 Å². The van der Waals surface area contributed by atoms with Crippen LogP contribution < -0.4 is 10.5 Å². The fraction of sp³-hybridized carbons (Fsp3) is 0.143. The fourth-order valence-corrected chi connectivity index (χ4v) is 2.46. The summed E-state index contributed by atoms with van der Waals surface area (Å²) in [6.45, 7) is 0.624. The Hall–Kier alpha value is -1.32. The van der Waals surface area contributed by atoms with Crippen LogP contribution in [-0.2, 0) is 0 Å². The molecule has 0 aliphatic heterocycles. The maximum Gasteiger partial charge on any atom is 0.120 e. The molecule has 0 aromatic heterocycles. The summed E-state index contributed by atoms with van der Waals surface area (Å²) in [6, 6.07) is 15.2. The van der Waals surface area contributed by atoms with Crippen molar-refractivity contribution in [3.8, 4) is 5.75 Å². The van der Waals surface area contributed by atoms with Crippen molar-refractivity contribution in [2.75, 3.05) is 18.1 Å². The molecule has 2 N–H and O–H groups in total. The van der Waals surface area contributed by atoms with E-state index in [1.165, 1.54) is 0 Å². The van der Waals surface area contributed by atoms with Gasteiger partial charge in [-0.3, -0.25) is 0 Å². The molecule has 0 unspecified atom stereocenters. The molecule has 0 heterocycles. The first-order chi connectivity index (χ1) is 8.75. The maximum absolute atomic E-state index is 5.87. The Morgan fingerprint density at radius 2 is 1.94 bits per heavy atom. The van der Waals surface area contributed by atoms with Crippen molar-refractivity contribution < 1.29 is 4.74 Å².